The molecule has 1 N–H and O–H groups in total. The Hall–Kier alpha value is -1.88. The summed E-state index contributed by atoms with van der Waals surface area (Å²) in [7, 11) is 0. The van der Waals surface area contributed by atoms with E-state index in [1.54, 1.807) is 0 Å². The maximum atomic E-state index is 5.61. The van der Waals surface area contributed by atoms with Gasteiger partial charge in [-0.05, 0) is 38.4 Å². The van der Waals surface area contributed by atoms with Crippen LogP contribution in [0.1, 0.15) is 38.1 Å². The van der Waals surface area contributed by atoms with Gasteiger partial charge in [0.2, 0.25) is 11.7 Å². The summed E-state index contributed by atoms with van der Waals surface area (Å²) in [6, 6.07) is 7.95. The van der Waals surface area contributed by atoms with E-state index in [0.29, 0.717) is 18.3 Å². The van der Waals surface area contributed by atoms with Crippen molar-refractivity contribution in [1.82, 2.24) is 15.5 Å². The summed E-state index contributed by atoms with van der Waals surface area (Å²) in [5, 5.41) is 7.51. The zero-order chi connectivity index (χ0) is 13.8. The van der Waals surface area contributed by atoms with Crippen LogP contribution in [0, 0.1) is 0 Å². The third-order valence-corrected chi connectivity index (χ3v) is 3.48. The third kappa shape index (κ3) is 2.67. The largest absolute Gasteiger partial charge is 0.493 e. The number of hydrogen-bond acceptors (Lipinski definition) is 5. The van der Waals surface area contributed by atoms with Crippen molar-refractivity contribution < 1.29 is 9.26 Å². The zero-order valence-electron chi connectivity index (χ0n) is 11.6. The van der Waals surface area contributed by atoms with Crippen LogP contribution in [-0.2, 0) is 0 Å². The molecule has 0 saturated carbocycles. The molecule has 1 aliphatic rings. The Balaban J connectivity index is 1.86. The summed E-state index contributed by atoms with van der Waals surface area (Å²) in [5.74, 6) is 2.06. The Morgan fingerprint density at radius 2 is 2.25 bits per heavy atom. The molecule has 0 bridgehead atoms. The first kappa shape index (κ1) is 13.1. The van der Waals surface area contributed by atoms with Gasteiger partial charge in [0.05, 0.1) is 18.2 Å². The average Bonchev–Trinajstić information content (AvgIpc) is 2.99. The first-order chi connectivity index (χ1) is 9.88. The smallest absolute Gasteiger partial charge is 0.244 e. The highest BCUT2D eigenvalue weighted by Gasteiger charge is 2.22. The standard InChI is InChI=1S/C15H19N3O2/c1-2-19-13-9-4-3-7-11(13)14-17-15(20-18-14)12-8-5-6-10-16-12/h3-4,7,9,12,16H,2,5-6,8,10H2,1H3. The summed E-state index contributed by atoms with van der Waals surface area (Å²) in [6.07, 6.45) is 3.46. The molecule has 2 aromatic rings. The Morgan fingerprint density at radius 3 is 3.05 bits per heavy atom. The second-order valence-electron chi connectivity index (χ2n) is 4.89. The van der Waals surface area contributed by atoms with Crippen molar-refractivity contribution >= 4 is 0 Å². The van der Waals surface area contributed by atoms with Crippen LogP contribution < -0.4 is 10.1 Å². The molecule has 1 unspecified atom stereocenters. The molecule has 0 amide bonds. The molecule has 1 atom stereocenters. The van der Waals surface area contributed by atoms with Gasteiger partial charge in [-0.15, -0.1) is 0 Å². The highest BCUT2D eigenvalue weighted by molar-refractivity contribution is 5.63. The van der Waals surface area contributed by atoms with Crippen LogP contribution in [0.4, 0.5) is 0 Å². The first-order valence-electron chi connectivity index (χ1n) is 7.17. The summed E-state index contributed by atoms with van der Waals surface area (Å²) in [5.41, 5.74) is 0.875. The number of benzene rings is 1. The molecule has 5 heteroatoms. The molecule has 3 rings (SSSR count). The second-order valence-corrected chi connectivity index (χ2v) is 4.89. The maximum Gasteiger partial charge on any atom is 0.244 e. The lowest BCUT2D eigenvalue weighted by Gasteiger charge is -2.19. The normalized spacial score (nSPS) is 18.9. The molecule has 2 heterocycles. The van der Waals surface area contributed by atoms with Crippen LogP contribution in [0.15, 0.2) is 28.8 Å². The maximum absolute atomic E-state index is 5.61. The lowest BCUT2D eigenvalue weighted by molar-refractivity contribution is 0.297. The topological polar surface area (TPSA) is 60.2 Å². The number of nitrogens with zero attached hydrogens (tertiary/aromatic N) is 2. The summed E-state index contributed by atoms with van der Waals surface area (Å²) < 4.78 is 11.0. The molecule has 0 aliphatic carbocycles. The van der Waals surface area contributed by atoms with Crippen LogP contribution in [0.2, 0.25) is 0 Å². The van der Waals surface area contributed by atoms with Gasteiger partial charge in [-0.1, -0.05) is 23.7 Å². The minimum absolute atomic E-state index is 0.184. The fourth-order valence-corrected chi connectivity index (χ4v) is 2.48. The minimum atomic E-state index is 0.184. The number of nitrogens with one attached hydrogen (secondary N) is 1. The number of para-hydroxylation sites is 1. The van der Waals surface area contributed by atoms with Crippen molar-refractivity contribution in [3.8, 4) is 17.1 Å². The number of piperidine rings is 1. The van der Waals surface area contributed by atoms with E-state index in [0.717, 1.165) is 24.3 Å². The van der Waals surface area contributed by atoms with Gasteiger partial charge in [-0.25, -0.2) is 0 Å². The van der Waals surface area contributed by atoms with E-state index >= 15 is 0 Å². The van der Waals surface area contributed by atoms with Gasteiger partial charge in [0.1, 0.15) is 5.75 Å². The predicted octanol–water partition coefficient (Wildman–Crippen LogP) is 2.95. The number of hydrogen-bond donors (Lipinski definition) is 1. The molecule has 5 nitrogen and oxygen atoms in total. The quantitative estimate of drug-likeness (QED) is 0.928. The van der Waals surface area contributed by atoms with Crippen LogP contribution in [0.25, 0.3) is 11.4 Å². The van der Waals surface area contributed by atoms with Crippen molar-refractivity contribution in [3.05, 3.63) is 30.2 Å². The van der Waals surface area contributed by atoms with E-state index in [-0.39, 0.29) is 6.04 Å². The minimum Gasteiger partial charge on any atom is -0.493 e. The molecular formula is C15H19N3O2. The van der Waals surface area contributed by atoms with E-state index < -0.39 is 0 Å². The highest BCUT2D eigenvalue weighted by atomic mass is 16.5. The van der Waals surface area contributed by atoms with E-state index in [4.69, 9.17) is 9.26 Å². The van der Waals surface area contributed by atoms with Gasteiger partial charge in [0.25, 0.3) is 0 Å². The molecule has 1 aromatic carbocycles. The Labute approximate surface area is 118 Å². The van der Waals surface area contributed by atoms with Crippen LogP contribution in [0.3, 0.4) is 0 Å². The fourth-order valence-electron chi connectivity index (χ4n) is 2.48. The summed E-state index contributed by atoms with van der Waals surface area (Å²) in [4.78, 5) is 4.53. The molecular weight excluding hydrogens is 254 g/mol. The van der Waals surface area contributed by atoms with Crippen molar-refractivity contribution in [3.63, 3.8) is 0 Å². The first-order valence-corrected chi connectivity index (χ1v) is 7.17. The monoisotopic (exact) mass is 273 g/mol. The Bertz CT molecular complexity index is 562. The third-order valence-electron chi connectivity index (χ3n) is 3.48. The lowest BCUT2D eigenvalue weighted by atomic mass is 10.1. The van der Waals surface area contributed by atoms with Crippen LogP contribution >= 0.6 is 0 Å². The van der Waals surface area contributed by atoms with Gasteiger partial charge in [0.15, 0.2) is 0 Å². The predicted molar refractivity (Wildman–Crippen MR) is 75.5 cm³/mol. The highest BCUT2D eigenvalue weighted by Crippen LogP contribution is 2.29. The van der Waals surface area contributed by atoms with Gasteiger partial charge in [0, 0.05) is 0 Å². The van der Waals surface area contributed by atoms with Gasteiger partial charge in [-0.2, -0.15) is 4.98 Å². The molecule has 1 fully saturated rings. The molecule has 1 saturated heterocycles. The van der Waals surface area contributed by atoms with Crippen molar-refractivity contribution in [1.29, 1.82) is 0 Å². The molecule has 106 valence electrons. The van der Waals surface area contributed by atoms with Gasteiger partial charge in [-0.3, -0.25) is 0 Å². The van der Waals surface area contributed by atoms with Crippen molar-refractivity contribution in [2.24, 2.45) is 0 Å². The molecule has 1 aliphatic heterocycles. The van der Waals surface area contributed by atoms with Crippen LogP contribution in [0.5, 0.6) is 5.75 Å². The van der Waals surface area contributed by atoms with Gasteiger partial charge >= 0.3 is 0 Å². The zero-order valence-corrected chi connectivity index (χ0v) is 11.6. The molecule has 1 aromatic heterocycles. The summed E-state index contributed by atoms with van der Waals surface area (Å²) in [6.45, 7) is 3.59. The lowest BCUT2D eigenvalue weighted by Crippen LogP contribution is -2.26. The SMILES string of the molecule is CCOc1ccccc1-c1noc(C2CCCCN2)n1. The Morgan fingerprint density at radius 1 is 1.35 bits per heavy atom. The van der Waals surface area contributed by atoms with Gasteiger partial charge < -0.3 is 14.6 Å². The average molecular weight is 273 g/mol. The second kappa shape index (κ2) is 6.05. The molecule has 0 spiro atoms. The van der Waals surface area contributed by atoms with Crippen molar-refractivity contribution in [2.45, 2.75) is 32.2 Å². The number of ether oxygens (including phenoxy) is 1. The molecule has 20 heavy (non-hydrogen) atoms. The van der Waals surface area contributed by atoms with Crippen LogP contribution in [-0.4, -0.2) is 23.3 Å². The van der Waals surface area contributed by atoms with Crippen molar-refractivity contribution in [2.75, 3.05) is 13.2 Å². The number of aromatic nitrogens is 2. The van der Waals surface area contributed by atoms with E-state index in [1.807, 2.05) is 31.2 Å². The van der Waals surface area contributed by atoms with E-state index in [9.17, 15) is 0 Å². The fraction of sp³-hybridized carbons (Fsp3) is 0.467. The number of rotatable bonds is 4. The van der Waals surface area contributed by atoms with E-state index in [1.165, 1.54) is 12.8 Å². The van der Waals surface area contributed by atoms with E-state index in [2.05, 4.69) is 15.5 Å². The Kier molecular flexibility index (Phi) is 3.97. The molecule has 0 radical (unpaired) electrons. The summed E-state index contributed by atoms with van der Waals surface area (Å²) >= 11 is 0.